The molecule has 1 spiro atoms. The fraction of sp³-hybridized carbons (Fsp3) is 0.692. The minimum Gasteiger partial charge on any atom is -0.378 e. The third-order valence-corrected chi connectivity index (χ3v) is 5.08. The Bertz CT molecular complexity index is 445. The number of thiazole rings is 1. The van der Waals surface area contributed by atoms with Crippen LogP contribution in [0.5, 0.6) is 0 Å². The van der Waals surface area contributed by atoms with Gasteiger partial charge in [0.1, 0.15) is 0 Å². The number of ether oxygens (including phenoxy) is 1. The van der Waals surface area contributed by atoms with Crippen LogP contribution in [0.25, 0.3) is 0 Å². The predicted octanol–water partition coefficient (Wildman–Crippen LogP) is 2.61. The van der Waals surface area contributed by atoms with Crippen LogP contribution in [0.15, 0.2) is 11.6 Å². The number of amides is 2. The van der Waals surface area contributed by atoms with Crippen molar-refractivity contribution in [1.29, 1.82) is 0 Å². The Morgan fingerprint density at radius 1 is 1.63 bits per heavy atom. The number of nitrogens with one attached hydrogen (secondary N) is 2. The molecule has 6 heteroatoms. The van der Waals surface area contributed by atoms with Crippen LogP contribution in [-0.4, -0.2) is 29.8 Å². The van der Waals surface area contributed by atoms with Crippen LogP contribution in [0.4, 0.5) is 9.93 Å². The highest BCUT2D eigenvalue weighted by Crippen LogP contribution is 2.57. The van der Waals surface area contributed by atoms with Crippen molar-refractivity contribution in [1.82, 2.24) is 10.3 Å². The number of anilines is 1. The van der Waals surface area contributed by atoms with Gasteiger partial charge in [0.25, 0.3) is 0 Å². The van der Waals surface area contributed by atoms with Gasteiger partial charge in [0, 0.05) is 29.6 Å². The largest absolute Gasteiger partial charge is 0.378 e. The van der Waals surface area contributed by atoms with Gasteiger partial charge in [0.05, 0.1) is 6.10 Å². The van der Waals surface area contributed by atoms with E-state index in [4.69, 9.17) is 4.74 Å². The summed E-state index contributed by atoms with van der Waals surface area (Å²) in [6.07, 6.45) is 6.52. The first kappa shape index (κ1) is 12.9. The first-order valence-corrected chi connectivity index (χ1v) is 7.71. The van der Waals surface area contributed by atoms with Gasteiger partial charge >= 0.3 is 6.03 Å². The predicted molar refractivity (Wildman–Crippen MR) is 74.4 cm³/mol. The molecule has 0 bridgehead atoms. The lowest BCUT2D eigenvalue weighted by molar-refractivity contribution is -0.169. The highest BCUT2D eigenvalue weighted by molar-refractivity contribution is 7.13. The Hall–Kier alpha value is -1.14. The van der Waals surface area contributed by atoms with E-state index >= 15 is 0 Å². The molecule has 0 radical (unpaired) electrons. The fourth-order valence-corrected chi connectivity index (χ4v) is 3.74. The molecule has 2 fully saturated rings. The maximum atomic E-state index is 11.9. The molecule has 5 nitrogen and oxygen atoms in total. The van der Waals surface area contributed by atoms with Crippen LogP contribution in [0.2, 0.25) is 0 Å². The lowest BCUT2D eigenvalue weighted by atomic mass is 9.51. The monoisotopic (exact) mass is 281 g/mol. The van der Waals surface area contributed by atoms with Crippen LogP contribution in [0, 0.1) is 5.41 Å². The number of nitrogens with zero attached hydrogens (tertiary/aromatic N) is 1. The van der Waals surface area contributed by atoms with Crippen molar-refractivity contribution in [3.05, 3.63) is 11.6 Å². The van der Waals surface area contributed by atoms with Gasteiger partial charge in [0.15, 0.2) is 5.13 Å². The average molecular weight is 281 g/mol. The van der Waals surface area contributed by atoms with Crippen molar-refractivity contribution in [3.63, 3.8) is 0 Å². The average Bonchev–Trinajstić information content (AvgIpc) is 2.78. The van der Waals surface area contributed by atoms with Crippen LogP contribution >= 0.6 is 11.3 Å². The number of hydrogen-bond acceptors (Lipinski definition) is 4. The fourth-order valence-electron chi connectivity index (χ4n) is 3.22. The van der Waals surface area contributed by atoms with Gasteiger partial charge in [-0.15, -0.1) is 11.3 Å². The van der Waals surface area contributed by atoms with Gasteiger partial charge < -0.3 is 10.1 Å². The second kappa shape index (κ2) is 5.09. The first-order chi connectivity index (χ1) is 9.24. The number of hydrogen-bond donors (Lipinski definition) is 2. The number of aromatic nitrogens is 1. The van der Waals surface area contributed by atoms with Crippen LogP contribution in [0.3, 0.4) is 0 Å². The molecule has 0 aliphatic heterocycles. The van der Waals surface area contributed by atoms with E-state index in [2.05, 4.69) is 15.6 Å². The van der Waals surface area contributed by atoms with Gasteiger partial charge in [-0.05, 0) is 26.2 Å². The number of urea groups is 1. The Morgan fingerprint density at radius 2 is 2.47 bits per heavy atom. The summed E-state index contributed by atoms with van der Waals surface area (Å²) in [6.45, 7) is 2.78. The van der Waals surface area contributed by atoms with Gasteiger partial charge in [-0.25, -0.2) is 9.78 Å². The lowest BCUT2D eigenvalue weighted by Crippen LogP contribution is -2.68. The maximum Gasteiger partial charge on any atom is 0.321 e. The summed E-state index contributed by atoms with van der Waals surface area (Å²) in [5, 5.41) is 8.33. The minimum atomic E-state index is -0.152. The highest BCUT2D eigenvalue weighted by Gasteiger charge is 2.59. The van der Waals surface area contributed by atoms with Gasteiger partial charge in [0.2, 0.25) is 0 Å². The van der Waals surface area contributed by atoms with E-state index in [1.807, 2.05) is 12.3 Å². The highest BCUT2D eigenvalue weighted by atomic mass is 32.1. The van der Waals surface area contributed by atoms with Gasteiger partial charge in [-0.2, -0.15) is 0 Å². The second-order valence-electron chi connectivity index (χ2n) is 5.25. The normalized spacial score (nSPS) is 27.4. The molecule has 1 aromatic rings. The molecule has 19 heavy (non-hydrogen) atoms. The third kappa shape index (κ3) is 2.23. The molecule has 1 aromatic heterocycles. The standard InChI is InChI=1S/C13H19N3O2S/c1-2-18-10-8-9(13(10)4-3-5-13)15-11(17)16-12-14-6-7-19-12/h6-7,9-10H,2-5,8H2,1H3,(H2,14,15,16,17). The smallest absolute Gasteiger partial charge is 0.321 e. The summed E-state index contributed by atoms with van der Waals surface area (Å²) in [5.74, 6) is 0. The summed E-state index contributed by atoms with van der Waals surface area (Å²) in [5.41, 5.74) is 0.205. The molecule has 3 rings (SSSR count). The molecule has 2 aliphatic rings. The quantitative estimate of drug-likeness (QED) is 0.891. The maximum absolute atomic E-state index is 11.9. The van der Waals surface area contributed by atoms with Crippen LogP contribution in [0.1, 0.15) is 32.6 Å². The molecular weight excluding hydrogens is 262 g/mol. The van der Waals surface area contributed by atoms with E-state index < -0.39 is 0 Å². The van der Waals surface area contributed by atoms with Crippen molar-refractivity contribution in [2.75, 3.05) is 11.9 Å². The second-order valence-corrected chi connectivity index (χ2v) is 6.15. The first-order valence-electron chi connectivity index (χ1n) is 6.83. The Balaban J connectivity index is 1.54. The summed E-state index contributed by atoms with van der Waals surface area (Å²) in [4.78, 5) is 16.0. The van der Waals surface area contributed by atoms with E-state index in [1.165, 1.54) is 30.6 Å². The van der Waals surface area contributed by atoms with Crippen LogP contribution < -0.4 is 10.6 Å². The molecule has 2 atom stereocenters. The van der Waals surface area contributed by atoms with E-state index in [-0.39, 0.29) is 17.5 Å². The topological polar surface area (TPSA) is 63.2 Å². The summed E-state index contributed by atoms with van der Waals surface area (Å²) < 4.78 is 5.77. The molecule has 2 N–H and O–H groups in total. The molecule has 2 saturated carbocycles. The molecule has 2 aliphatic carbocycles. The third-order valence-electron chi connectivity index (χ3n) is 4.40. The summed E-state index contributed by atoms with van der Waals surface area (Å²) in [6, 6.07) is 0.0962. The zero-order valence-corrected chi connectivity index (χ0v) is 11.8. The zero-order valence-electron chi connectivity index (χ0n) is 11.0. The van der Waals surface area contributed by atoms with Crippen molar-refractivity contribution < 1.29 is 9.53 Å². The van der Waals surface area contributed by atoms with Crippen LogP contribution in [-0.2, 0) is 4.74 Å². The van der Waals surface area contributed by atoms with Crippen molar-refractivity contribution in [2.45, 2.75) is 44.8 Å². The van der Waals surface area contributed by atoms with E-state index in [1.54, 1.807) is 6.20 Å². The van der Waals surface area contributed by atoms with E-state index in [0.717, 1.165) is 13.0 Å². The molecule has 0 aromatic carbocycles. The van der Waals surface area contributed by atoms with Crippen molar-refractivity contribution in [3.8, 4) is 0 Å². The SMILES string of the molecule is CCOC1CC(NC(=O)Nc2nccs2)C12CCC2. The minimum absolute atomic E-state index is 0.152. The number of carbonyl (C=O) groups excluding carboxylic acids is 1. The molecule has 0 saturated heterocycles. The zero-order chi connectivity index (χ0) is 13.3. The molecule has 104 valence electrons. The lowest BCUT2D eigenvalue weighted by Gasteiger charge is -2.60. The Kier molecular flexibility index (Phi) is 3.45. The molecule has 1 heterocycles. The van der Waals surface area contributed by atoms with Gasteiger partial charge in [-0.1, -0.05) is 6.42 Å². The summed E-state index contributed by atoms with van der Waals surface area (Å²) in [7, 11) is 0. The molecule has 2 unspecified atom stereocenters. The molecule has 2 amide bonds. The van der Waals surface area contributed by atoms with Crippen molar-refractivity contribution in [2.24, 2.45) is 5.41 Å². The summed E-state index contributed by atoms with van der Waals surface area (Å²) >= 11 is 1.42. The van der Waals surface area contributed by atoms with Gasteiger partial charge in [-0.3, -0.25) is 5.32 Å². The van der Waals surface area contributed by atoms with E-state index in [0.29, 0.717) is 11.2 Å². The molecular formula is C13H19N3O2S. The van der Waals surface area contributed by atoms with Crippen molar-refractivity contribution >= 4 is 22.5 Å². The Labute approximate surface area is 116 Å². The number of carbonyl (C=O) groups is 1. The Morgan fingerprint density at radius 3 is 3.05 bits per heavy atom. The number of rotatable bonds is 4. The van der Waals surface area contributed by atoms with E-state index in [9.17, 15) is 4.79 Å².